The highest BCUT2D eigenvalue weighted by atomic mass is 35.5. The van der Waals surface area contributed by atoms with E-state index in [0.29, 0.717) is 43.3 Å². The number of amides is 2. The van der Waals surface area contributed by atoms with Crippen LogP contribution in [0.3, 0.4) is 0 Å². The third-order valence-electron chi connectivity index (χ3n) is 6.03. The van der Waals surface area contributed by atoms with Crippen LogP contribution in [0.25, 0.3) is 0 Å². The summed E-state index contributed by atoms with van der Waals surface area (Å²) in [6, 6.07) is 26.7. The van der Waals surface area contributed by atoms with Crippen molar-refractivity contribution >= 4 is 23.4 Å². The van der Waals surface area contributed by atoms with Gasteiger partial charge in [-0.3, -0.25) is 9.59 Å². The summed E-state index contributed by atoms with van der Waals surface area (Å²) in [6.07, 6.45) is 2.31. The van der Waals surface area contributed by atoms with Crippen LogP contribution in [0.4, 0.5) is 0 Å². The molecule has 3 aromatic carbocycles. The van der Waals surface area contributed by atoms with Gasteiger partial charge in [0.05, 0.1) is 0 Å². The van der Waals surface area contributed by atoms with Crippen LogP contribution >= 0.6 is 11.6 Å². The van der Waals surface area contributed by atoms with Gasteiger partial charge in [-0.25, -0.2) is 0 Å². The number of carbonyl (C=O) groups excluding carboxylic acids is 2. The maximum atomic E-state index is 13.6. The minimum atomic E-state index is -0.608. The van der Waals surface area contributed by atoms with Crippen molar-refractivity contribution in [3.8, 4) is 0 Å². The normalized spacial score (nSPS) is 11.8. The van der Waals surface area contributed by atoms with Crippen LogP contribution in [0.15, 0.2) is 84.9 Å². The molecule has 0 heterocycles. The molecule has 1 atom stereocenters. The molecule has 0 aliphatic rings. The Balaban J connectivity index is 1.86. The Labute approximate surface area is 214 Å². The molecular formula is C30H35ClN2O2. The van der Waals surface area contributed by atoms with E-state index in [9.17, 15) is 9.59 Å². The molecule has 0 saturated heterocycles. The number of aryl methyl sites for hydroxylation is 1. The first kappa shape index (κ1) is 26.5. The second kappa shape index (κ2) is 13.7. The summed E-state index contributed by atoms with van der Waals surface area (Å²) in [7, 11) is 0. The van der Waals surface area contributed by atoms with Gasteiger partial charge in [-0.15, -0.1) is 0 Å². The summed E-state index contributed by atoms with van der Waals surface area (Å²) >= 11 is 6.09. The van der Waals surface area contributed by atoms with E-state index in [0.717, 1.165) is 23.1 Å². The number of hydrogen-bond acceptors (Lipinski definition) is 2. The molecule has 0 bridgehead atoms. The molecule has 0 aromatic heterocycles. The number of benzene rings is 3. The van der Waals surface area contributed by atoms with Gasteiger partial charge in [0.15, 0.2) is 0 Å². The van der Waals surface area contributed by atoms with Crippen LogP contribution in [-0.2, 0) is 29.0 Å². The summed E-state index contributed by atoms with van der Waals surface area (Å²) in [5, 5.41) is 3.73. The zero-order valence-corrected chi connectivity index (χ0v) is 21.4. The van der Waals surface area contributed by atoms with Crippen molar-refractivity contribution in [3.63, 3.8) is 0 Å². The van der Waals surface area contributed by atoms with Crippen LogP contribution in [-0.4, -0.2) is 29.3 Å². The average molecular weight is 491 g/mol. The number of nitrogens with zero attached hydrogens (tertiary/aromatic N) is 1. The minimum Gasteiger partial charge on any atom is -0.354 e. The standard InChI is InChI=1S/C30H35ClN2O2/c1-23(2)19-20-32-30(35)28(21-25-11-7-4-8-12-25)33(22-26-13-16-27(31)17-14-26)29(34)18-15-24-9-5-3-6-10-24/h3-14,16-17,23,28H,15,18-22H2,1-2H3,(H,32,35)/t28-/m0/s1. The monoisotopic (exact) mass is 490 g/mol. The van der Waals surface area contributed by atoms with E-state index in [-0.39, 0.29) is 11.8 Å². The molecule has 4 nitrogen and oxygen atoms in total. The van der Waals surface area contributed by atoms with Crippen LogP contribution in [0, 0.1) is 5.92 Å². The number of carbonyl (C=O) groups is 2. The van der Waals surface area contributed by atoms with Gasteiger partial charge >= 0.3 is 0 Å². The van der Waals surface area contributed by atoms with Crippen LogP contribution in [0.1, 0.15) is 43.4 Å². The molecule has 3 rings (SSSR count). The van der Waals surface area contributed by atoms with Crippen molar-refractivity contribution in [2.24, 2.45) is 5.92 Å². The molecule has 5 heteroatoms. The fraction of sp³-hybridized carbons (Fsp3) is 0.333. The van der Waals surface area contributed by atoms with Gasteiger partial charge in [0.25, 0.3) is 0 Å². The molecule has 35 heavy (non-hydrogen) atoms. The van der Waals surface area contributed by atoms with Crippen LogP contribution < -0.4 is 5.32 Å². The molecule has 0 unspecified atom stereocenters. The lowest BCUT2D eigenvalue weighted by molar-refractivity contribution is -0.141. The summed E-state index contributed by atoms with van der Waals surface area (Å²) in [6.45, 7) is 5.20. The number of hydrogen-bond donors (Lipinski definition) is 1. The number of halogens is 1. The quantitative estimate of drug-likeness (QED) is 0.334. The first-order chi connectivity index (χ1) is 16.9. The summed E-state index contributed by atoms with van der Waals surface area (Å²) in [4.78, 5) is 28.8. The Morgan fingerprint density at radius 1 is 0.829 bits per heavy atom. The minimum absolute atomic E-state index is 0.0382. The molecule has 0 spiro atoms. The summed E-state index contributed by atoms with van der Waals surface area (Å²) < 4.78 is 0. The van der Waals surface area contributed by atoms with Crippen LogP contribution in [0.5, 0.6) is 0 Å². The van der Waals surface area contributed by atoms with Gasteiger partial charge < -0.3 is 10.2 Å². The highest BCUT2D eigenvalue weighted by Crippen LogP contribution is 2.18. The van der Waals surface area contributed by atoms with Crippen LogP contribution in [0.2, 0.25) is 5.02 Å². The Bertz CT molecular complexity index is 1050. The van der Waals surface area contributed by atoms with E-state index < -0.39 is 6.04 Å². The third kappa shape index (κ3) is 8.88. The third-order valence-corrected chi connectivity index (χ3v) is 6.28. The largest absolute Gasteiger partial charge is 0.354 e. The van der Waals surface area contributed by atoms with Gasteiger partial charge in [-0.2, -0.15) is 0 Å². The lowest BCUT2D eigenvalue weighted by atomic mass is 10.0. The molecular weight excluding hydrogens is 456 g/mol. The summed E-state index contributed by atoms with van der Waals surface area (Å²) in [5.74, 6) is 0.334. The Kier molecular flexibility index (Phi) is 10.4. The van der Waals surface area contributed by atoms with Gasteiger partial charge in [0, 0.05) is 31.0 Å². The first-order valence-corrected chi connectivity index (χ1v) is 12.7. The summed E-state index contributed by atoms with van der Waals surface area (Å²) in [5.41, 5.74) is 3.07. The highest BCUT2D eigenvalue weighted by molar-refractivity contribution is 6.30. The van der Waals surface area contributed by atoms with Crippen molar-refractivity contribution in [3.05, 3.63) is 107 Å². The predicted octanol–water partition coefficient (Wildman–Crippen LogP) is 6.08. The van der Waals surface area contributed by atoms with Gasteiger partial charge in [0.2, 0.25) is 11.8 Å². The van der Waals surface area contributed by atoms with E-state index >= 15 is 0 Å². The predicted molar refractivity (Wildman–Crippen MR) is 143 cm³/mol. The van der Waals surface area contributed by atoms with E-state index in [1.54, 1.807) is 4.90 Å². The van der Waals surface area contributed by atoms with Gasteiger partial charge in [-0.05, 0) is 47.6 Å². The number of nitrogens with one attached hydrogen (secondary N) is 1. The van der Waals surface area contributed by atoms with Crippen molar-refractivity contribution in [1.29, 1.82) is 0 Å². The maximum absolute atomic E-state index is 13.6. The highest BCUT2D eigenvalue weighted by Gasteiger charge is 2.30. The Morgan fingerprint density at radius 3 is 2.03 bits per heavy atom. The molecule has 2 amide bonds. The molecule has 0 aliphatic carbocycles. The molecule has 0 saturated carbocycles. The number of rotatable bonds is 12. The van der Waals surface area contributed by atoms with E-state index in [4.69, 9.17) is 11.6 Å². The fourth-order valence-electron chi connectivity index (χ4n) is 3.98. The topological polar surface area (TPSA) is 49.4 Å². The smallest absolute Gasteiger partial charge is 0.243 e. The van der Waals surface area contributed by atoms with Crippen molar-refractivity contribution in [2.75, 3.05) is 6.54 Å². The molecule has 3 aromatic rings. The SMILES string of the molecule is CC(C)CCNC(=O)[C@H](Cc1ccccc1)N(Cc1ccc(Cl)cc1)C(=O)CCc1ccccc1. The molecule has 184 valence electrons. The molecule has 0 fully saturated rings. The first-order valence-electron chi connectivity index (χ1n) is 12.3. The van der Waals surface area contributed by atoms with Crippen molar-refractivity contribution < 1.29 is 9.59 Å². The second-order valence-corrected chi connectivity index (χ2v) is 9.75. The lowest BCUT2D eigenvalue weighted by Gasteiger charge is -2.32. The second-order valence-electron chi connectivity index (χ2n) is 9.31. The Morgan fingerprint density at radius 2 is 1.43 bits per heavy atom. The maximum Gasteiger partial charge on any atom is 0.243 e. The zero-order chi connectivity index (χ0) is 25.0. The van der Waals surface area contributed by atoms with Crippen molar-refractivity contribution in [1.82, 2.24) is 10.2 Å². The van der Waals surface area contributed by atoms with Crippen molar-refractivity contribution in [2.45, 2.75) is 52.1 Å². The van der Waals surface area contributed by atoms with Gasteiger partial charge in [-0.1, -0.05) is 98.2 Å². The molecule has 0 radical (unpaired) electrons. The van der Waals surface area contributed by atoms with E-state index in [1.807, 2.05) is 84.9 Å². The average Bonchev–Trinajstić information content (AvgIpc) is 2.86. The zero-order valence-electron chi connectivity index (χ0n) is 20.6. The van der Waals surface area contributed by atoms with E-state index in [2.05, 4.69) is 19.2 Å². The fourth-order valence-corrected chi connectivity index (χ4v) is 4.11. The molecule has 1 N–H and O–H groups in total. The van der Waals surface area contributed by atoms with Gasteiger partial charge in [0.1, 0.15) is 6.04 Å². The lowest BCUT2D eigenvalue weighted by Crippen LogP contribution is -2.50. The molecule has 0 aliphatic heterocycles. The Hall–Kier alpha value is -3.11. The van der Waals surface area contributed by atoms with E-state index in [1.165, 1.54) is 0 Å².